The van der Waals surface area contributed by atoms with Crippen molar-refractivity contribution in [2.45, 2.75) is 0 Å². The number of benzene rings is 2. The Morgan fingerprint density at radius 1 is 1.00 bits per heavy atom. The Labute approximate surface area is 154 Å². The maximum Gasteiger partial charge on any atom is 0.283 e. The van der Waals surface area contributed by atoms with Gasteiger partial charge in [-0.3, -0.25) is 15.0 Å². The third-order valence-electron chi connectivity index (χ3n) is 3.95. The second-order valence-electron chi connectivity index (χ2n) is 5.77. The molecule has 7 nitrogen and oxygen atoms in total. The van der Waals surface area contributed by atoms with Crippen LogP contribution in [0.25, 0.3) is 22.8 Å². The summed E-state index contributed by atoms with van der Waals surface area (Å²) in [5.41, 5.74) is 4.21. The van der Waals surface area contributed by atoms with E-state index < -0.39 is 11.5 Å². The summed E-state index contributed by atoms with van der Waals surface area (Å²) in [6.07, 6.45) is 5.75. The van der Waals surface area contributed by atoms with E-state index in [1.165, 1.54) is 18.6 Å². The van der Waals surface area contributed by atoms with Crippen LogP contribution in [0.15, 0.2) is 84.1 Å². The molecule has 0 atom stereocenters. The Hall–Kier alpha value is -4.00. The maximum absolute atomic E-state index is 12.6. The fourth-order valence-corrected chi connectivity index (χ4v) is 2.64. The van der Waals surface area contributed by atoms with Gasteiger partial charge in [-0.05, 0) is 23.8 Å². The Morgan fingerprint density at radius 2 is 1.70 bits per heavy atom. The predicted molar refractivity (Wildman–Crippen MR) is 103 cm³/mol. The molecular formula is C20H15N5O2. The summed E-state index contributed by atoms with van der Waals surface area (Å²) in [5.74, 6) is -0.433. The predicted octanol–water partition coefficient (Wildman–Crippen LogP) is 2.37. The van der Waals surface area contributed by atoms with E-state index in [1.807, 2.05) is 60.7 Å². The highest BCUT2D eigenvalue weighted by molar-refractivity contribution is 5.97. The summed E-state index contributed by atoms with van der Waals surface area (Å²) < 4.78 is 2.63. The fraction of sp³-hybridized carbons (Fsp3) is 0. The molecule has 4 rings (SSSR count). The minimum Gasteiger partial charge on any atom is -0.268 e. The highest BCUT2D eigenvalue weighted by Crippen LogP contribution is 2.12. The summed E-state index contributed by atoms with van der Waals surface area (Å²) in [7, 11) is 0. The molecule has 0 radical (unpaired) electrons. The fourth-order valence-electron chi connectivity index (χ4n) is 2.64. The van der Waals surface area contributed by atoms with Gasteiger partial charge in [0.2, 0.25) is 0 Å². The van der Waals surface area contributed by atoms with Crippen molar-refractivity contribution in [2.24, 2.45) is 0 Å². The molecule has 2 aromatic heterocycles. The van der Waals surface area contributed by atoms with E-state index in [-0.39, 0.29) is 0 Å². The lowest BCUT2D eigenvalue weighted by atomic mass is 10.2. The van der Waals surface area contributed by atoms with Crippen molar-refractivity contribution in [2.75, 3.05) is 5.43 Å². The molecule has 0 fully saturated rings. The van der Waals surface area contributed by atoms with Crippen molar-refractivity contribution in [1.82, 2.24) is 19.4 Å². The van der Waals surface area contributed by atoms with Gasteiger partial charge >= 0.3 is 0 Å². The number of hydrogen-bond acceptors (Lipinski definition) is 4. The van der Waals surface area contributed by atoms with E-state index in [9.17, 15) is 9.59 Å². The van der Waals surface area contributed by atoms with Gasteiger partial charge in [-0.15, -0.1) is 0 Å². The number of hydrogen-bond donors (Lipinski definition) is 1. The zero-order valence-corrected chi connectivity index (χ0v) is 14.2. The van der Waals surface area contributed by atoms with Crippen LogP contribution in [0.2, 0.25) is 0 Å². The molecule has 1 N–H and O–H groups in total. The van der Waals surface area contributed by atoms with E-state index >= 15 is 0 Å². The van der Waals surface area contributed by atoms with Crippen molar-refractivity contribution in [3.8, 4) is 5.69 Å². The van der Waals surface area contributed by atoms with Gasteiger partial charge in [-0.1, -0.05) is 48.5 Å². The first-order valence-electron chi connectivity index (χ1n) is 8.27. The van der Waals surface area contributed by atoms with Crippen LogP contribution >= 0.6 is 0 Å². The highest BCUT2D eigenvalue weighted by atomic mass is 16.2. The largest absolute Gasteiger partial charge is 0.283 e. The number of nitrogens with zero attached hydrogens (tertiary/aromatic N) is 4. The molecule has 0 spiro atoms. The van der Waals surface area contributed by atoms with E-state index in [0.717, 1.165) is 15.9 Å². The molecule has 0 aliphatic rings. The summed E-state index contributed by atoms with van der Waals surface area (Å²) >= 11 is 0. The number of carbonyl (C=O) groups is 1. The molecule has 7 heteroatoms. The summed E-state index contributed by atoms with van der Waals surface area (Å²) in [6.45, 7) is 0. The lowest BCUT2D eigenvalue weighted by molar-refractivity contribution is -0.112. The average molecular weight is 357 g/mol. The second-order valence-corrected chi connectivity index (χ2v) is 5.77. The SMILES string of the molecule is O=C(C=Cc1ccccc1)Nn1cnc2c(cnn2-c2ccccc2)c1=O. The zero-order chi connectivity index (χ0) is 18.6. The third-order valence-corrected chi connectivity index (χ3v) is 3.95. The lowest BCUT2D eigenvalue weighted by Crippen LogP contribution is -2.32. The molecule has 0 bridgehead atoms. The smallest absolute Gasteiger partial charge is 0.268 e. The van der Waals surface area contributed by atoms with Gasteiger partial charge in [0.15, 0.2) is 5.65 Å². The van der Waals surface area contributed by atoms with Gasteiger partial charge in [0.05, 0.1) is 11.9 Å². The number of fused-ring (bicyclic) bond motifs is 1. The van der Waals surface area contributed by atoms with Crippen molar-refractivity contribution >= 4 is 23.0 Å². The topological polar surface area (TPSA) is 81.8 Å². The molecule has 27 heavy (non-hydrogen) atoms. The first-order chi connectivity index (χ1) is 13.2. The van der Waals surface area contributed by atoms with Crippen LogP contribution in [0.3, 0.4) is 0 Å². The van der Waals surface area contributed by atoms with E-state index in [2.05, 4.69) is 15.5 Å². The molecule has 0 unspecified atom stereocenters. The van der Waals surface area contributed by atoms with Gasteiger partial charge in [0.25, 0.3) is 11.5 Å². The molecule has 132 valence electrons. The molecule has 0 aliphatic heterocycles. The van der Waals surface area contributed by atoms with Crippen LogP contribution < -0.4 is 11.0 Å². The van der Waals surface area contributed by atoms with Gasteiger partial charge in [0, 0.05) is 6.08 Å². The lowest BCUT2D eigenvalue weighted by Gasteiger charge is -2.06. The third kappa shape index (κ3) is 3.38. The number of para-hydroxylation sites is 1. The Bertz CT molecular complexity index is 1180. The molecule has 4 aromatic rings. The van der Waals surface area contributed by atoms with E-state index in [1.54, 1.807) is 10.8 Å². The van der Waals surface area contributed by atoms with Gasteiger partial charge in [0.1, 0.15) is 11.7 Å². The van der Waals surface area contributed by atoms with Crippen LogP contribution in [0, 0.1) is 0 Å². The first kappa shape index (κ1) is 16.5. The van der Waals surface area contributed by atoms with Crippen LogP contribution in [0.1, 0.15) is 5.56 Å². The highest BCUT2D eigenvalue weighted by Gasteiger charge is 2.12. The van der Waals surface area contributed by atoms with Gasteiger partial charge in [-0.25, -0.2) is 14.3 Å². The van der Waals surface area contributed by atoms with Crippen molar-refractivity contribution in [3.05, 3.63) is 95.2 Å². The van der Waals surface area contributed by atoms with Crippen molar-refractivity contribution < 1.29 is 4.79 Å². The van der Waals surface area contributed by atoms with Crippen LogP contribution in [0.4, 0.5) is 0 Å². The van der Waals surface area contributed by atoms with Crippen molar-refractivity contribution in [1.29, 1.82) is 0 Å². The molecule has 0 saturated heterocycles. The summed E-state index contributed by atoms with van der Waals surface area (Å²) in [6, 6.07) is 18.8. The molecule has 0 aliphatic carbocycles. The quantitative estimate of drug-likeness (QED) is 0.569. The summed E-state index contributed by atoms with van der Waals surface area (Å²) in [4.78, 5) is 29.0. The Kier molecular flexibility index (Phi) is 4.32. The average Bonchev–Trinajstić information content (AvgIpc) is 3.15. The second kappa shape index (κ2) is 7.09. The van der Waals surface area contributed by atoms with Crippen molar-refractivity contribution in [3.63, 3.8) is 0 Å². The van der Waals surface area contributed by atoms with Crippen LogP contribution in [-0.2, 0) is 4.79 Å². The zero-order valence-electron chi connectivity index (χ0n) is 14.2. The number of rotatable bonds is 4. The minimum absolute atomic E-state index is 0.314. The first-order valence-corrected chi connectivity index (χ1v) is 8.27. The Balaban J connectivity index is 1.60. The Morgan fingerprint density at radius 3 is 2.44 bits per heavy atom. The van der Waals surface area contributed by atoms with Gasteiger partial charge < -0.3 is 0 Å². The van der Waals surface area contributed by atoms with Crippen LogP contribution in [-0.4, -0.2) is 25.3 Å². The van der Waals surface area contributed by atoms with E-state index in [4.69, 9.17) is 0 Å². The molecule has 0 saturated carbocycles. The molecule has 1 amide bonds. The number of nitrogens with one attached hydrogen (secondary N) is 1. The normalized spacial score (nSPS) is 11.1. The molecule has 2 heterocycles. The molecule has 2 aromatic carbocycles. The van der Waals surface area contributed by atoms with Crippen LogP contribution in [0.5, 0.6) is 0 Å². The number of carbonyl (C=O) groups excluding carboxylic acids is 1. The molecular weight excluding hydrogens is 342 g/mol. The minimum atomic E-state index is -0.433. The van der Waals surface area contributed by atoms with Gasteiger partial charge in [-0.2, -0.15) is 5.10 Å². The summed E-state index contributed by atoms with van der Waals surface area (Å²) in [5, 5.41) is 4.55. The monoisotopic (exact) mass is 357 g/mol. The number of aromatic nitrogens is 4. The van der Waals surface area contributed by atoms with E-state index in [0.29, 0.717) is 11.0 Å². The number of amides is 1. The maximum atomic E-state index is 12.6. The standard InChI is InChI=1S/C20H15N5O2/c26-18(12-11-15-7-3-1-4-8-15)23-24-14-21-19-17(20(24)27)13-22-25(19)16-9-5-2-6-10-16/h1-14H,(H,23,26).